The first kappa shape index (κ1) is 18.8. The van der Waals surface area contributed by atoms with Crippen LogP contribution in [0.1, 0.15) is 35.2 Å². The van der Waals surface area contributed by atoms with E-state index in [1.807, 2.05) is 45.0 Å². The monoisotopic (exact) mass is 375 g/mol. The van der Waals surface area contributed by atoms with Crippen LogP contribution in [0.25, 0.3) is 10.4 Å². The number of benzene rings is 2. The second-order valence-electron chi connectivity index (χ2n) is 6.34. The van der Waals surface area contributed by atoms with Gasteiger partial charge in [0.2, 0.25) is 5.91 Å². The van der Waals surface area contributed by atoms with E-state index >= 15 is 0 Å². The summed E-state index contributed by atoms with van der Waals surface area (Å²) in [7, 11) is 0. The van der Waals surface area contributed by atoms with Crippen LogP contribution in [0.2, 0.25) is 0 Å². The molecule has 0 saturated carbocycles. The summed E-state index contributed by atoms with van der Waals surface area (Å²) in [5.74, 6) is 0.0281. The minimum Gasteiger partial charge on any atom is -0.308 e. The van der Waals surface area contributed by atoms with Crippen LogP contribution in [0, 0.1) is 25.2 Å². The number of hydrogen-bond acceptors (Lipinski definition) is 4. The van der Waals surface area contributed by atoms with Crippen LogP contribution < -0.4 is 4.90 Å². The summed E-state index contributed by atoms with van der Waals surface area (Å²) >= 11 is 1.68. The molecule has 136 valence electrons. The molecule has 5 heteroatoms. The topological polar surface area (TPSA) is 57.0 Å². The van der Waals surface area contributed by atoms with Gasteiger partial charge in [0.25, 0.3) is 0 Å². The zero-order chi connectivity index (χ0) is 19.4. The summed E-state index contributed by atoms with van der Waals surface area (Å²) in [6, 6.07) is 17.5. The lowest BCUT2D eigenvalue weighted by Crippen LogP contribution is -2.29. The molecule has 0 saturated heterocycles. The van der Waals surface area contributed by atoms with Gasteiger partial charge in [-0.15, -0.1) is 11.3 Å². The highest BCUT2D eigenvalue weighted by Crippen LogP contribution is 2.30. The molecule has 0 N–H and O–H groups in total. The molecule has 4 nitrogen and oxygen atoms in total. The molecule has 1 aromatic heterocycles. The summed E-state index contributed by atoms with van der Waals surface area (Å²) in [5, 5.41) is 10.2. The molecular formula is C22H21N3OS. The highest BCUT2D eigenvalue weighted by molar-refractivity contribution is 7.15. The van der Waals surface area contributed by atoms with Gasteiger partial charge >= 0.3 is 0 Å². The molecule has 0 atom stereocenters. The highest BCUT2D eigenvalue weighted by Gasteiger charge is 2.16. The number of thiazole rings is 1. The number of amides is 1. The summed E-state index contributed by atoms with van der Waals surface area (Å²) in [6.07, 6.45) is 0.406. The van der Waals surface area contributed by atoms with Gasteiger partial charge in [-0.25, -0.2) is 4.98 Å². The van der Waals surface area contributed by atoms with E-state index in [1.165, 1.54) is 0 Å². The van der Waals surface area contributed by atoms with Gasteiger partial charge < -0.3 is 4.90 Å². The third-order valence-corrected chi connectivity index (χ3v) is 5.45. The van der Waals surface area contributed by atoms with Gasteiger partial charge in [-0.1, -0.05) is 31.2 Å². The number of nitrogens with zero attached hydrogens (tertiary/aromatic N) is 3. The van der Waals surface area contributed by atoms with Crippen LogP contribution in [0.15, 0.2) is 48.5 Å². The predicted molar refractivity (Wildman–Crippen MR) is 110 cm³/mol. The molecular weight excluding hydrogens is 354 g/mol. The van der Waals surface area contributed by atoms with Crippen molar-refractivity contribution in [2.45, 2.75) is 33.7 Å². The van der Waals surface area contributed by atoms with Gasteiger partial charge in [0.05, 0.1) is 33.8 Å². The lowest BCUT2D eigenvalue weighted by Gasteiger charge is -2.23. The highest BCUT2D eigenvalue weighted by atomic mass is 32.1. The van der Waals surface area contributed by atoms with Crippen molar-refractivity contribution in [2.24, 2.45) is 0 Å². The predicted octanol–water partition coefficient (Wildman–Crippen LogP) is 5.24. The van der Waals surface area contributed by atoms with Gasteiger partial charge in [-0.05, 0) is 49.2 Å². The van der Waals surface area contributed by atoms with Gasteiger partial charge in [-0.2, -0.15) is 5.26 Å². The number of carbonyl (C=O) groups is 1. The summed E-state index contributed by atoms with van der Waals surface area (Å²) in [5.41, 5.74) is 4.48. The Labute approximate surface area is 163 Å². The lowest BCUT2D eigenvalue weighted by atomic mass is 10.1. The number of rotatable bonds is 5. The number of hydrogen-bond donors (Lipinski definition) is 0. The smallest absolute Gasteiger partial charge is 0.227 e. The minimum absolute atomic E-state index is 0.0281. The van der Waals surface area contributed by atoms with Crippen molar-refractivity contribution < 1.29 is 4.79 Å². The Morgan fingerprint density at radius 3 is 2.63 bits per heavy atom. The number of carbonyl (C=O) groups excluding carboxylic acids is 1. The SMILES string of the molecule is CCC(=O)N(Cc1cccc(-c2sc(C)nc2C)c1)c1cccc(C#N)c1. The first-order valence-electron chi connectivity index (χ1n) is 8.85. The van der Waals surface area contributed by atoms with Crippen molar-refractivity contribution in [1.82, 2.24) is 4.98 Å². The van der Waals surface area contributed by atoms with Crippen LogP contribution in [-0.2, 0) is 11.3 Å². The van der Waals surface area contributed by atoms with Crippen molar-refractivity contribution in [3.8, 4) is 16.5 Å². The Morgan fingerprint density at radius 1 is 1.19 bits per heavy atom. The van der Waals surface area contributed by atoms with Crippen LogP contribution >= 0.6 is 11.3 Å². The normalized spacial score (nSPS) is 10.4. The molecule has 0 bridgehead atoms. The van der Waals surface area contributed by atoms with E-state index in [0.717, 1.165) is 32.4 Å². The Balaban J connectivity index is 1.95. The molecule has 0 aliphatic carbocycles. The van der Waals surface area contributed by atoms with Gasteiger partial charge in [-0.3, -0.25) is 4.79 Å². The van der Waals surface area contributed by atoms with Crippen molar-refractivity contribution in [3.63, 3.8) is 0 Å². The molecule has 3 rings (SSSR count). The molecule has 0 aliphatic rings. The van der Waals surface area contributed by atoms with Crippen LogP contribution in [0.5, 0.6) is 0 Å². The van der Waals surface area contributed by atoms with Crippen molar-refractivity contribution >= 4 is 22.9 Å². The van der Waals surface area contributed by atoms with E-state index in [0.29, 0.717) is 18.5 Å². The second-order valence-corrected chi connectivity index (χ2v) is 7.55. The third kappa shape index (κ3) is 4.24. The summed E-state index contributed by atoms with van der Waals surface area (Å²) < 4.78 is 0. The Kier molecular flexibility index (Phi) is 5.68. The molecule has 0 spiro atoms. The fourth-order valence-electron chi connectivity index (χ4n) is 3.05. The minimum atomic E-state index is 0.0281. The van der Waals surface area contributed by atoms with E-state index in [1.54, 1.807) is 28.4 Å². The third-order valence-electron chi connectivity index (χ3n) is 4.32. The van der Waals surface area contributed by atoms with Crippen molar-refractivity contribution in [2.75, 3.05) is 4.90 Å². The lowest BCUT2D eigenvalue weighted by molar-refractivity contribution is -0.118. The average molecular weight is 375 g/mol. The molecule has 0 unspecified atom stereocenters. The molecule has 1 heterocycles. The Bertz CT molecular complexity index is 1020. The van der Waals surface area contributed by atoms with Crippen LogP contribution in [0.4, 0.5) is 5.69 Å². The maximum Gasteiger partial charge on any atom is 0.227 e. The first-order chi connectivity index (χ1) is 13.0. The van der Waals surface area contributed by atoms with Gasteiger partial charge in [0.1, 0.15) is 0 Å². The van der Waals surface area contributed by atoms with Crippen LogP contribution in [0.3, 0.4) is 0 Å². The van der Waals surface area contributed by atoms with E-state index in [2.05, 4.69) is 23.2 Å². The quantitative estimate of drug-likeness (QED) is 0.612. The van der Waals surface area contributed by atoms with E-state index in [-0.39, 0.29) is 5.91 Å². The fourth-order valence-corrected chi connectivity index (χ4v) is 3.97. The van der Waals surface area contributed by atoms with Crippen molar-refractivity contribution in [3.05, 3.63) is 70.4 Å². The molecule has 3 aromatic rings. The largest absolute Gasteiger partial charge is 0.308 e. The Hall–Kier alpha value is -2.97. The molecule has 2 aromatic carbocycles. The summed E-state index contributed by atoms with van der Waals surface area (Å²) in [6.45, 7) is 6.34. The fraction of sp³-hybridized carbons (Fsp3) is 0.227. The number of aromatic nitrogens is 1. The summed E-state index contributed by atoms with van der Waals surface area (Å²) in [4.78, 5) is 20.0. The number of anilines is 1. The zero-order valence-electron chi connectivity index (χ0n) is 15.7. The average Bonchev–Trinajstić information content (AvgIpc) is 3.04. The Morgan fingerprint density at radius 2 is 1.96 bits per heavy atom. The van der Waals surface area contributed by atoms with E-state index in [4.69, 9.17) is 5.26 Å². The maximum absolute atomic E-state index is 12.6. The first-order valence-corrected chi connectivity index (χ1v) is 9.67. The maximum atomic E-state index is 12.6. The molecule has 0 radical (unpaired) electrons. The standard InChI is InChI=1S/C22H21N3OS/c1-4-21(26)25(20-10-6-7-17(12-20)13-23)14-18-8-5-9-19(11-18)22-15(2)24-16(3)27-22/h5-12H,4,14H2,1-3H3. The second kappa shape index (κ2) is 8.15. The van der Waals surface area contributed by atoms with Crippen molar-refractivity contribution in [1.29, 1.82) is 5.26 Å². The van der Waals surface area contributed by atoms with E-state index in [9.17, 15) is 4.79 Å². The molecule has 1 amide bonds. The van der Waals surface area contributed by atoms with Gasteiger partial charge in [0, 0.05) is 12.1 Å². The van der Waals surface area contributed by atoms with Crippen LogP contribution in [-0.4, -0.2) is 10.9 Å². The molecule has 0 aliphatic heterocycles. The number of aryl methyl sites for hydroxylation is 2. The van der Waals surface area contributed by atoms with Gasteiger partial charge in [0.15, 0.2) is 0 Å². The molecule has 27 heavy (non-hydrogen) atoms. The van der Waals surface area contributed by atoms with E-state index < -0.39 is 0 Å². The zero-order valence-corrected chi connectivity index (χ0v) is 16.5. The number of nitriles is 1. The molecule has 0 fully saturated rings.